The Balaban J connectivity index is 2.81. The van der Waals surface area contributed by atoms with Crippen LogP contribution in [-0.2, 0) is 14.3 Å². The van der Waals surface area contributed by atoms with Crippen molar-refractivity contribution in [2.75, 3.05) is 0 Å². The minimum absolute atomic E-state index is 0.102. The molecule has 6 heteroatoms. The van der Waals surface area contributed by atoms with Gasteiger partial charge in [-0.15, -0.1) is 0 Å². The molecular weight excluding hydrogens is 286 g/mol. The van der Waals surface area contributed by atoms with Crippen LogP contribution in [0, 0.1) is 0 Å². The smallest absolute Gasteiger partial charge is 0.408 e. The number of hydrogen-bond acceptors (Lipinski definition) is 4. The van der Waals surface area contributed by atoms with E-state index in [0.29, 0.717) is 5.56 Å². The van der Waals surface area contributed by atoms with Gasteiger partial charge in [-0.2, -0.15) is 0 Å². The number of aliphatic carboxylic acids is 1. The van der Waals surface area contributed by atoms with Crippen molar-refractivity contribution in [3.05, 3.63) is 35.9 Å². The summed E-state index contributed by atoms with van der Waals surface area (Å²) in [4.78, 5) is 34.2. The number of hydrogen-bond donors (Lipinski definition) is 2. The van der Waals surface area contributed by atoms with Crippen molar-refractivity contribution < 1.29 is 24.2 Å². The standard InChI is InChI=1S/C16H21NO5/c1-16(2,3)22-15(21)17-13(9-12(18)10-14(19)20)11-7-5-4-6-8-11/h4-8,13H,9-10H2,1-3H3,(H,17,21)(H,19,20). The van der Waals surface area contributed by atoms with E-state index in [1.165, 1.54) is 0 Å². The zero-order chi connectivity index (χ0) is 16.8. The highest BCUT2D eigenvalue weighted by Gasteiger charge is 2.23. The molecule has 6 nitrogen and oxygen atoms in total. The zero-order valence-corrected chi connectivity index (χ0v) is 13.0. The fourth-order valence-electron chi connectivity index (χ4n) is 1.86. The predicted octanol–water partition coefficient (Wildman–Crippen LogP) is 2.69. The number of benzene rings is 1. The number of amides is 1. The number of carboxylic acid groups (broad SMARTS) is 1. The molecule has 0 aliphatic heterocycles. The molecule has 0 heterocycles. The van der Waals surface area contributed by atoms with Gasteiger partial charge in [0, 0.05) is 6.42 Å². The first kappa shape index (κ1) is 17.7. The monoisotopic (exact) mass is 307 g/mol. The molecular formula is C16H21NO5. The van der Waals surface area contributed by atoms with E-state index in [2.05, 4.69) is 5.32 Å². The number of ether oxygens (including phenoxy) is 1. The van der Waals surface area contributed by atoms with E-state index >= 15 is 0 Å². The molecule has 1 aromatic carbocycles. The molecule has 1 rings (SSSR count). The number of Topliss-reactive ketones (excluding diaryl/α,β-unsaturated/α-hetero) is 1. The van der Waals surface area contributed by atoms with Crippen LogP contribution in [0.1, 0.15) is 45.2 Å². The van der Waals surface area contributed by atoms with Crippen LogP contribution in [0.15, 0.2) is 30.3 Å². The van der Waals surface area contributed by atoms with E-state index in [1.54, 1.807) is 45.0 Å². The number of carbonyl (C=O) groups excluding carboxylic acids is 2. The molecule has 0 saturated carbocycles. The lowest BCUT2D eigenvalue weighted by Gasteiger charge is -2.23. The minimum Gasteiger partial charge on any atom is -0.481 e. The van der Waals surface area contributed by atoms with Gasteiger partial charge in [-0.1, -0.05) is 30.3 Å². The lowest BCUT2D eigenvalue weighted by molar-refractivity contribution is -0.140. The second-order valence-electron chi connectivity index (χ2n) is 5.92. The van der Waals surface area contributed by atoms with Crippen molar-refractivity contribution in [2.24, 2.45) is 0 Å². The average molecular weight is 307 g/mol. The molecule has 2 N–H and O–H groups in total. The Morgan fingerprint density at radius 1 is 1.18 bits per heavy atom. The van der Waals surface area contributed by atoms with E-state index in [4.69, 9.17) is 9.84 Å². The first-order valence-electron chi connectivity index (χ1n) is 6.95. The maximum absolute atomic E-state index is 11.9. The van der Waals surface area contributed by atoms with Gasteiger partial charge in [0.2, 0.25) is 0 Å². The Labute approximate surface area is 129 Å². The molecule has 0 spiro atoms. The maximum atomic E-state index is 11.9. The second kappa shape index (κ2) is 7.59. The molecule has 0 fully saturated rings. The Kier molecular flexibility index (Phi) is 6.10. The molecule has 0 aliphatic carbocycles. The Morgan fingerprint density at radius 2 is 1.77 bits per heavy atom. The second-order valence-corrected chi connectivity index (χ2v) is 5.92. The van der Waals surface area contributed by atoms with Crippen molar-refractivity contribution >= 4 is 17.8 Å². The largest absolute Gasteiger partial charge is 0.481 e. The number of ketones is 1. The number of alkyl carbamates (subject to hydrolysis) is 1. The van der Waals surface area contributed by atoms with Gasteiger partial charge in [-0.3, -0.25) is 9.59 Å². The Bertz CT molecular complexity index is 533. The van der Waals surface area contributed by atoms with Crippen LogP contribution in [-0.4, -0.2) is 28.6 Å². The number of rotatable bonds is 6. The average Bonchev–Trinajstić information content (AvgIpc) is 2.35. The Morgan fingerprint density at radius 3 is 2.27 bits per heavy atom. The fourth-order valence-corrected chi connectivity index (χ4v) is 1.86. The lowest BCUT2D eigenvalue weighted by atomic mass is 10.0. The lowest BCUT2D eigenvalue weighted by Crippen LogP contribution is -2.36. The molecule has 1 unspecified atom stereocenters. The third kappa shape index (κ3) is 6.88. The van der Waals surface area contributed by atoms with Crippen LogP contribution in [0.25, 0.3) is 0 Å². The molecule has 0 saturated heterocycles. The maximum Gasteiger partial charge on any atom is 0.408 e. The van der Waals surface area contributed by atoms with E-state index < -0.39 is 35.9 Å². The van der Waals surface area contributed by atoms with Gasteiger partial charge in [0.15, 0.2) is 0 Å². The van der Waals surface area contributed by atoms with Crippen LogP contribution in [0.3, 0.4) is 0 Å². The van der Waals surface area contributed by atoms with Crippen molar-refractivity contribution in [1.29, 1.82) is 0 Å². The van der Waals surface area contributed by atoms with Crippen molar-refractivity contribution in [2.45, 2.75) is 45.3 Å². The first-order valence-corrected chi connectivity index (χ1v) is 6.95. The summed E-state index contributed by atoms with van der Waals surface area (Å²) in [6.45, 7) is 5.21. The van der Waals surface area contributed by atoms with Crippen LogP contribution >= 0.6 is 0 Å². The number of carbonyl (C=O) groups is 3. The molecule has 120 valence electrons. The van der Waals surface area contributed by atoms with Crippen LogP contribution in [0.4, 0.5) is 4.79 Å². The van der Waals surface area contributed by atoms with E-state index in [-0.39, 0.29) is 6.42 Å². The summed E-state index contributed by atoms with van der Waals surface area (Å²) < 4.78 is 5.17. The normalized spacial score (nSPS) is 12.3. The SMILES string of the molecule is CC(C)(C)OC(=O)NC(CC(=O)CC(=O)O)c1ccccc1. The predicted molar refractivity (Wildman–Crippen MR) is 80.4 cm³/mol. The van der Waals surface area contributed by atoms with Crippen LogP contribution in [0.2, 0.25) is 0 Å². The molecule has 0 aliphatic rings. The third-order valence-electron chi connectivity index (χ3n) is 2.67. The topological polar surface area (TPSA) is 92.7 Å². The highest BCUT2D eigenvalue weighted by Crippen LogP contribution is 2.19. The van der Waals surface area contributed by atoms with Crippen LogP contribution < -0.4 is 5.32 Å². The van der Waals surface area contributed by atoms with Crippen molar-refractivity contribution in [1.82, 2.24) is 5.32 Å². The van der Waals surface area contributed by atoms with Gasteiger partial charge < -0.3 is 15.2 Å². The Hall–Kier alpha value is -2.37. The number of carboxylic acids is 1. The minimum atomic E-state index is -1.19. The van der Waals surface area contributed by atoms with Crippen molar-refractivity contribution in [3.63, 3.8) is 0 Å². The molecule has 0 aromatic heterocycles. The van der Waals surface area contributed by atoms with Gasteiger partial charge in [0.05, 0.1) is 6.04 Å². The fraction of sp³-hybridized carbons (Fsp3) is 0.438. The van der Waals surface area contributed by atoms with E-state index in [9.17, 15) is 14.4 Å². The summed E-state index contributed by atoms with van der Waals surface area (Å²) in [5.41, 5.74) is 0.0586. The van der Waals surface area contributed by atoms with Gasteiger partial charge in [0.1, 0.15) is 17.8 Å². The summed E-state index contributed by atoms with van der Waals surface area (Å²) in [7, 11) is 0. The van der Waals surface area contributed by atoms with Gasteiger partial charge >= 0.3 is 12.1 Å². The summed E-state index contributed by atoms with van der Waals surface area (Å²) in [5, 5.41) is 11.3. The van der Waals surface area contributed by atoms with Crippen molar-refractivity contribution in [3.8, 4) is 0 Å². The van der Waals surface area contributed by atoms with E-state index in [0.717, 1.165) is 0 Å². The molecule has 1 atom stereocenters. The molecule has 1 aromatic rings. The summed E-state index contributed by atoms with van der Waals surface area (Å²) in [6.07, 6.45) is -1.32. The zero-order valence-electron chi connectivity index (χ0n) is 13.0. The molecule has 1 amide bonds. The van der Waals surface area contributed by atoms with Gasteiger partial charge in [-0.05, 0) is 26.3 Å². The molecule has 22 heavy (non-hydrogen) atoms. The van der Waals surface area contributed by atoms with E-state index in [1.807, 2.05) is 6.07 Å². The van der Waals surface area contributed by atoms with Crippen LogP contribution in [0.5, 0.6) is 0 Å². The highest BCUT2D eigenvalue weighted by atomic mass is 16.6. The summed E-state index contributed by atoms with van der Waals surface area (Å²) in [6, 6.07) is 8.27. The van der Waals surface area contributed by atoms with Gasteiger partial charge in [-0.25, -0.2) is 4.79 Å². The summed E-state index contributed by atoms with van der Waals surface area (Å²) >= 11 is 0. The quantitative estimate of drug-likeness (QED) is 0.788. The number of nitrogens with one attached hydrogen (secondary N) is 1. The highest BCUT2D eigenvalue weighted by molar-refractivity contribution is 5.95. The third-order valence-corrected chi connectivity index (χ3v) is 2.67. The van der Waals surface area contributed by atoms with Gasteiger partial charge in [0.25, 0.3) is 0 Å². The molecule has 0 bridgehead atoms. The molecule has 0 radical (unpaired) electrons. The first-order chi connectivity index (χ1) is 10.2. The summed E-state index contributed by atoms with van der Waals surface area (Å²) in [5.74, 6) is -1.65.